The van der Waals surface area contributed by atoms with Crippen LogP contribution in [0.3, 0.4) is 0 Å². The van der Waals surface area contributed by atoms with Gasteiger partial charge < -0.3 is 4.84 Å². The summed E-state index contributed by atoms with van der Waals surface area (Å²) < 4.78 is 2.17. The predicted octanol–water partition coefficient (Wildman–Crippen LogP) is 1.76. The van der Waals surface area contributed by atoms with Crippen molar-refractivity contribution < 1.29 is 19.2 Å². The minimum absolute atomic E-state index is 0.247. The first-order valence-corrected chi connectivity index (χ1v) is 6.67. The van der Waals surface area contributed by atoms with E-state index in [-0.39, 0.29) is 11.5 Å². The Kier molecular flexibility index (Phi) is 5.16. The number of amides is 2. The molecule has 22 heavy (non-hydrogen) atoms. The van der Waals surface area contributed by atoms with Crippen molar-refractivity contribution in [3.8, 4) is 0 Å². The third-order valence-corrected chi connectivity index (χ3v) is 2.96. The molecule has 0 atom stereocenters. The van der Waals surface area contributed by atoms with Crippen LogP contribution in [0.15, 0.2) is 54.6 Å². The molecule has 2 N–H and O–H groups in total. The molecule has 0 saturated heterocycles. The predicted molar refractivity (Wildman–Crippen MR) is 82.2 cm³/mol. The lowest BCUT2D eigenvalue weighted by molar-refractivity contribution is 0.0230. The number of hydrogen-bond donors (Lipinski definition) is 3. The van der Waals surface area contributed by atoms with Crippen molar-refractivity contribution in [2.75, 3.05) is 0 Å². The van der Waals surface area contributed by atoms with Crippen LogP contribution in [0.2, 0.25) is 0 Å². The lowest BCUT2D eigenvalue weighted by atomic mass is 10.1. The van der Waals surface area contributed by atoms with E-state index in [9.17, 15) is 14.4 Å². The Hall–Kier alpha value is -2.80. The van der Waals surface area contributed by atoms with Gasteiger partial charge in [0.1, 0.15) is 0 Å². The van der Waals surface area contributed by atoms with E-state index in [4.69, 9.17) is 4.84 Å². The zero-order valence-electron chi connectivity index (χ0n) is 11.3. The van der Waals surface area contributed by atoms with Crippen molar-refractivity contribution in [3.63, 3.8) is 0 Å². The van der Waals surface area contributed by atoms with Crippen molar-refractivity contribution >= 4 is 30.6 Å². The molecule has 0 aliphatic rings. The molecule has 0 fully saturated rings. The standard InChI is InChI=1S/C15H12N2O4S/c18-13(10-6-8-11(9-7-10)14(19)17-22)16-21-15(20)12-4-2-1-3-5-12/h1-9,22H,(H,16,18)(H,17,19). The Morgan fingerprint density at radius 1 is 0.773 bits per heavy atom. The van der Waals surface area contributed by atoms with E-state index < -0.39 is 11.9 Å². The van der Waals surface area contributed by atoms with Crippen LogP contribution in [0.4, 0.5) is 0 Å². The minimum Gasteiger partial charge on any atom is -0.335 e. The number of nitrogens with one attached hydrogen (secondary N) is 2. The maximum absolute atomic E-state index is 11.8. The fraction of sp³-hybridized carbons (Fsp3) is 0. The maximum Gasteiger partial charge on any atom is 0.362 e. The Bertz CT molecular complexity index is 686. The van der Waals surface area contributed by atoms with Gasteiger partial charge in [-0.1, -0.05) is 31.0 Å². The summed E-state index contributed by atoms with van der Waals surface area (Å²) in [7, 11) is 0. The second-order valence-electron chi connectivity index (χ2n) is 4.21. The maximum atomic E-state index is 11.8. The van der Waals surface area contributed by atoms with Crippen LogP contribution in [-0.2, 0) is 4.84 Å². The van der Waals surface area contributed by atoms with E-state index in [0.29, 0.717) is 11.1 Å². The molecule has 2 aromatic rings. The van der Waals surface area contributed by atoms with Gasteiger partial charge in [0.05, 0.1) is 5.56 Å². The van der Waals surface area contributed by atoms with Gasteiger partial charge in [0.2, 0.25) is 0 Å². The molecule has 0 aliphatic carbocycles. The number of rotatable bonds is 3. The molecule has 2 rings (SSSR count). The van der Waals surface area contributed by atoms with Gasteiger partial charge in [-0.25, -0.2) is 4.79 Å². The molecule has 0 heterocycles. The average Bonchev–Trinajstić information content (AvgIpc) is 2.59. The highest BCUT2D eigenvalue weighted by Crippen LogP contribution is 2.05. The van der Waals surface area contributed by atoms with Crippen molar-refractivity contribution in [3.05, 3.63) is 71.3 Å². The second-order valence-corrected chi connectivity index (χ2v) is 4.43. The Morgan fingerprint density at radius 3 is 1.86 bits per heavy atom. The van der Waals surface area contributed by atoms with E-state index in [1.807, 2.05) is 0 Å². The van der Waals surface area contributed by atoms with Crippen LogP contribution < -0.4 is 10.2 Å². The summed E-state index contributed by atoms with van der Waals surface area (Å²) in [5.41, 5.74) is 2.98. The number of carbonyl (C=O) groups excluding carboxylic acids is 3. The van der Waals surface area contributed by atoms with Crippen LogP contribution in [-0.4, -0.2) is 17.8 Å². The normalized spacial score (nSPS) is 9.68. The second kappa shape index (κ2) is 7.28. The number of benzene rings is 2. The van der Waals surface area contributed by atoms with Crippen LogP contribution in [0.5, 0.6) is 0 Å². The Balaban J connectivity index is 1.95. The molecule has 0 aromatic heterocycles. The summed E-state index contributed by atoms with van der Waals surface area (Å²) in [6.45, 7) is 0. The van der Waals surface area contributed by atoms with Crippen molar-refractivity contribution in [1.29, 1.82) is 0 Å². The Labute approximate surface area is 132 Å². The molecule has 0 saturated carbocycles. The first-order chi connectivity index (χ1) is 10.6. The van der Waals surface area contributed by atoms with E-state index in [0.717, 1.165) is 0 Å². The lowest BCUT2D eigenvalue weighted by Gasteiger charge is -2.06. The van der Waals surface area contributed by atoms with E-state index >= 15 is 0 Å². The summed E-state index contributed by atoms with van der Waals surface area (Å²) in [5, 5.41) is 0. The molecule has 0 bridgehead atoms. The summed E-state index contributed by atoms with van der Waals surface area (Å²) in [6.07, 6.45) is 0. The number of hydroxylamine groups is 1. The van der Waals surface area contributed by atoms with Gasteiger partial charge in [0.25, 0.3) is 11.8 Å². The van der Waals surface area contributed by atoms with Gasteiger partial charge in [0.15, 0.2) is 0 Å². The summed E-state index contributed by atoms with van der Waals surface area (Å²) in [4.78, 5) is 39.5. The molecule has 2 aromatic carbocycles. The molecule has 2 amide bonds. The van der Waals surface area contributed by atoms with Crippen LogP contribution in [0.1, 0.15) is 31.1 Å². The van der Waals surface area contributed by atoms with Gasteiger partial charge in [-0.2, -0.15) is 5.48 Å². The van der Waals surface area contributed by atoms with Crippen LogP contribution >= 0.6 is 12.8 Å². The summed E-state index contributed by atoms with van der Waals surface area (Å²) >= 11 is 3.65. The first-order valence-electron chi connectivity index (χ1n) is 6.23. The molecule has 6 nitrogen and oxygen atoms in total. The number of carbonyl (C=O) groups is 3. The minimum atomic E-state index is -0.667. The quantitative estimate of drug-likeness (QED) is 0.595. The highest BCUT2D eigenvalue weighted by molar-refractivity contribution is 7.78. The van der Waals surface area contributed by atoms with Crippen molar-refractivity contribution in [1.82, 2.24) is 10.2 Å². The van der Waals surface area contributed by atoms with E-state index in [1.54, 1.807) is 30.3 Å². The van der Waals surface area contributed by atoms with Crippen molar-refractivity contribution in [2.45, 2.75) is 0 Å². The third-order valence-electron chi connectivity index (χ3n) is 2.76. The molecule has 0 radical (unpaired) electrons. The van der Waals surface area contributed by atoms with Gasteiger partial charge in [-0.15, -0.1) is 0 Å². The smallest absolute Gasteiger partial charge is 0.335 e. The zero-order valence-corrected chi connectivity index (χ0v) is 12.2. The van der Waals surface area contributed by atoms with E-state index in [1.165, 1.54) is 24.3 Å². The van der Waals surface area contributed by atoms with Crippen molar-refractivity contribution in [2.24, 2.45) is 0 Å². The number of thiol groups is 1. The number of hydrogen-bond acceptors (Lipinski definition) is 5. The highest BCUT2D eigenvalue weighted by Gasteiger charge is 2.11. The fourth-order valence-electron chi connectivity index (χ4n) is 1.62. The highest BCUT2D eigenvalue weighted by atomic mass is 32.1. The van der Waals surface area contributed by atoms with Gasteiger partial charge in [-0.05, 0) is 36.4 Å². The molecule has 0 spiro atoms. The lowest BCUT2D eigenvalue weighted by Crippen LogP contribution is -2.27. The average molecular weight is 316 g/mol. The largest absolute Gasteiger partial charge is 0.362 e. The van der Waals surface area contributed by atoms with Gasteiger partial charge in [-0.3, -0.25) is 14.3 Å². The van der Waals surface area contributed by atoms with Crippen LogP contribution in [0.25, 0.3) is 0 Å². The topological polar surface area (TPSA) is 84.5 Å². The summed E-state index contributed by atoms with van der Waals surface area (Å²) in [6, 6.07) is 14.1. The van der Waals surface area contributed by atoms with Gasteiger partial charge in [0, 0.05) is 11.1 Å². The first kappa shape index (κ1) is 15.6. The monoisotopic (exact) mass is 316 g/mol. The molecule has 112 valence electrons. The molecular weight excluding hydrogens is 304 g/mol. The molecule has 0 aliphatic heterocycles. The van der Waals surface area contributed by atoms with Gasteiger partial charge >= 0.3 is 5.97 Å². The Morgan fingerprint density at radius 2 is 1.32 bits per heavy atom. The van der Waals surface area contributed by atoms with Crippen LogP contribution in [0, 0.1) is 0 Å². The zero-order chi connectivity index (χ0) is 15.9. The van der Waals surface area contributed by atoms with E-state index in [2.05, 4.69) is 23.0 Å². The molecule has 7 heteroatoms. The fourth-order valence-corrected chi connectivity index (χ4v) is 1.75. The SMILES string of the molecule is O=C(NS)c1ccc(C(=O)NOC(=O)c2ccccc2)cc1. The third kappa shape index (κ3) is 3.86. The molecule has 0 unspecified atom stereocenters. The molecular formula is C15H12N2O4S. The summed E-state index contributed by atoms with van der Waals surface area (Å²) in [5.74, 6) is -1.65.